The van der Waals surface area contributed by atoms with E-state index >= 15 is 0 Å². The zero-order chi connectivity index (χ0) is 16.7. The van der Waals surface area contributed by atoms with Gasteiger partial charge in [-0.25, -0.2) is 14.6 Å². The van der Waals surface area contributed by atoms with Crippen LogP contribution >= 0.6 is 0 Å². The van der Waals surface area contributed by atoms with E-state index in [9.17, 15) is 9.59 Å². The van der Waals surface area contributed by atoms with E-state index in [-0.39, 0.29) is 18.1 Å². The minimum atomic E-state index is -0.416. The summed E-state index contributed by atoms with van der Waals surface area (Å²) in [4.78, 5) is 32.5. The quantitative estimate of drug-likeness (QED) is 0.781. The molecule has 3 aromatic heterocycles. The van der Waals surface area contributed by atoms with Crippen LogP contribution in [-0.4, -0.2) is 25.7 Å². The number of furan rings is 1. The molecular weight excluding hydrogens is 310 g/mol. The normalized spacial score (nSPS) is 14.0. The number of hydrogen-bond donors (Lipinski definition) is 1. The number of carbonyl (C=O) groups excluding carboxylic acids is 1. The summed E-state index contributed by atoms with van der Waals surface area (Å²) in [5, 5.41) is 7.18. The number of amides is 1. The highest BCUT2D eigenvalue weighted by atomic mass is 16.3. The second-order valence-corrected chi connectivity index (χ2v) is 5.83. The van der Waals surface area contributed by atoms with E-state index in [2.05, 4.69) is 20.4 Å². The molecule has 24 heavy (non-hydrogen) atoms. The fourth-order valence-corrected chi connectivity index (χ4v) is 2.59. The van der Waals surface area contributed by atoms with E-state index in [4.69, 9.17) is 4.42 Å². The first kappa shape index (κ1) is 14.6. The van der Waals surface area contributed by atoms with Crippen molar-refractivity contribution in [1.29, 1.82) is 0 Å². The van der Waals surface area contributed by atoms with Gasteiger partial charge in [-0.3, -0.25) is 14.9 Å². The average Bonchev–Trinajstić information content (AvgIpc) is 3.31. The van der Waals surface area contributed by atoms with E-state index in [0.29, 0.717) is 22.6 Å². The zero-order valence-electron chi connectivity index (χ0n) is 13.0. The second kappa shape index (κ2) is 5.55. The molecule has 1 saturated carbocycles. The first-order valence-electron chi connectivity index (χ1n) is 7.70. The van der Waals surface area contributed by atoms with Gasteiger partial charge in [-0.1, -0.05) is 0 Å². The highest BCUT2D eigenvalue weighted by molar-refractivity contribution is 5.89. The lowest BCUT2D eigenvalue weighted by atomic mass is 10.2. The number of carbonyl (C=O) groups is 1. The monoisotopic (exact) mass is 325 g/mol. The van der Waals surface area contributed by atoms with Gasteiger partial charge < -0.3 is 4.42 Å². The van der Waals surface area contributed by atoms with Gasteiger partial charge in [0.25, 0.3) is 5.56 Å². The van der Waals surface area contributed by atoms with E-state index in [1.165, 1.54) is 12.4 Å². The van der Waals surface area contributed by atoms with Crippen molar-refractivity contribution in [2.24, 2.45) is 0 Å². The minimum Gasteiger partial charge on any atom is -0.459 e. The van der Waals surface area contributed by atoms with Crippen molar-refractivity contribution in [3.8, 4) is 0 Å². The van der Waals surface area contributed by atoms with Crippen molar-refractivity contribution in [3.63, 3.8) is 0 Å². The van der Waals surface area contributed by atoms with Crippen LogP contribution in [0.4, 0.5) is 5.95 Å². The zero-order valence-corrected chi connectivity index (χ0v) is 13.0. The molecule has 0 aromatic carbocycles. The molecule has 3 heterocycles. The number of anilines is 1. The summed E-state index contributed by atoms with van der Waals surface area (Å²) >= 11 is 0. The van der Waals surface area contributed by atoms with Crippen molar-refractivity contribution in [2.75, 3.05) is 5.32 Å². The molecule has 8 nitrogen and oxygen atoms in total. The van der Waals surface area contributed by atoms with E-state index < -0.39 is 5.91 Å². The second-order valence-electron chi connectivity index (χ2n) is 5.83. The van der Waals surface area contributed by atoms with Crippen molar-refractivity contribution in [2.45, 2.75) is 32.2 Å². The predicted octanol–water partition coefficient (Wildman–Crippen LogP) is 1.60. The van der Waals surface area contributed by atoms with Crippen molar-refractivity contribution >= 4 is 22.8 Å². The fraction of sp³-hybridized carbons (Fsp3) is 0.312. The number of aryl methyl sites for hydroxylation is 1. The summed E-state index contributed by atoms with van der Waals surface area (Å²) in [7, 11) is 0. The Morgan fingerprint density at radius 2 is 2.12 bits per heavy atom. The van der Waals surface area contributed by atoms with Crippen LogP contribution in [0.15, 0.2) is 33.7 Å². The van der Waals surface area contributed by atoms with Crippen LogP contribution in [0.5, 0.6) is 0 Å². The van der Waals surface area contributed by atoms with Crippen LogP contribution in [0.3, 0.4) is 0 Å². The molecule has 0 unspecified atom stereocenters. The lowest BCUT2D eigenvalue weighted by molar-refractivity contribution is -0.117. The average molecular weight is 325 g/mol. The van der Waals surface area contributed by atoms with Crippen molar-refractivity contribution in [3.05, 3.63) is 46.3 Å². The largest absolute Gasteiger partial charge is 0.459 e. The Kier molecular flexibility index (Phi) is 3.37. The van der Waals surface area contributed by atoms with Crippen LogP contribution in [0.1, 0.15) is 30.2 Å². The molecule has 3 aromatic rings. The number of fused-ring (bicyclic) bond motifs is 1. The summed E-state index contributed by atoms with van der Waals surface area (Å²) < 4.78 is 6.90. The number of hydrogen-bond acceptors (Lipinski definition) is 6. The van der Waals surface area contributed by atoms with Crippen molar-refractivity contribution < 1.29 is 9.21 Å². The Morgan fingerprint density at radius 3 is 2.83 bits per heavy atom. The molecule has 1 aliphatic carbocycles. The van der Waals surface area contributed by atoms with E-state index in [1.54, 1.807) is 19.1 Å². The smallest absolute Gasteiger partial charge is 0.278 e. The molecule has 0 aliphatic heterocycles. The minimum absolute atomic E-state index is 0.188. The third-order valence-electron chi connectivity index (χ3n) is 3.91. The van der Waals surface area contributed by atoms with Crippen molar-refractivity contribution in [1.82, 2.24) is 19.7 Å². The molecule has 122 valence electrons. The Morgan fingerprint density at radius 1 is 1.38 bits per heavy atom. The van der Waals surface area contributed by atoms with Gasteiger partial charge in [0.1, 0.15) is 18.0 Å². The third-order valence-corrected chi connectivity index (χ3v) is 3.91. The molecule has 4 rings (SSSR count). The third kappa shape index (κ3) is 2.66. The number of nitrogens with one attached hydrogen (secondary N) is 1. The van der Waals surface area contributed by atoms with Gasteiger partial charge in [0.15, 0.2) is 5.58 Å². The number of nitrogens with zero attached hydrogens (tertiary/aromatic N) is 4. The summed E-state index contributed by atoms with van der Waals surface area (Å²) in [6.07, 6.45) is 5.21. The van der Waals surface area contributed by atoms with E-state index in [0.717, 1.165) is 23.3 Å². The Balaban J connectivity index is 1.63. The highest BCUT2D eigenvalue weighted by Crippen LogP contribution is 2.41. The molecule has 1 fully saturated rings. The van der Waals surface area contributed by atoms with Gasteiger partial charge in [0.2, 0.25) is 11.9 Å². The molecule has 0 radical (unpaired) electrons. The molecule has 0 atom stereocenters. The highest BCUT2D eigenvalue weighted by Gasteiger charge is 2.28. The lowest BCUT2D eigenvalue weighted by Crippen LogP contribution is -2.30. The molecule has 0 bridgehead atoms. The first-order valence-corrected chi connectivity index (χ1v) is 7.70. The van der Waals surface area contributed by atoms with Crippen LogP contribution in [0, 0.1) is 6.92 Å². The van der Waals surface area contributed by atoms with Gasteiger partial charge in [0.05, 0.1) is 5.39 Å². The summed E-state index contributed by atoms with van der Waals surface area (Å²) in [6.45, 7) is 1.55. The standard InChI is InChI=1S/C16H15N5O3/c1-9-14-11(7-12(24-14)10-3-4-10)15(23)21(20-9)8-13(22)19-16-17-5-2-6-18-16/h2,5-7,10H,3-4,8H2,1H3,(H,17,18,19,22). The maximum absolute atomic E-state index is 12.6. The topological polar surface area (TPSA) is 103 Å². The SMILES string of the molecule is Cc1nn(CC(=O)Nc2ncccn2)c(=O)c2cc(C3CC3)oc12. The number of rotatable bonds is 4. The molecule has 1 N–H and O–H groups in total. The fourth-order valence-electron chi connectivity index (χ4n) is 2.59. The Bertz CT molecular complexity index is 973. The maximum Gasteiger partial charge on any atom is 0.278 e. The van der Waals surface area contributed by atoms with Crippen LogP contribution in [-0.2, 0) is 11.3 Å². The Hall–Kier alpha value is -3.03. The van der Waals surface area contributed by atoms with Gasteiger partial charge >= 0.3 is 0 Å². The van der Waals surface area contributed by atoms with Crippen LogP contribution < -0.4 is 10.9 Å². The number of aromatic nitrogens is 4. The van der Waals surface area contributed by atoms with Crippen LogP contribution in [0.25, 0.3) is 11.0 Å². The first-order chi connectivity index (χ1) is 11.6. The van der Waals surface area contributed by atoms with Gasteiger partial charge in [-0.15, -0.1) is 0 Å². The molecular formula is C16H15N5O3. The molecule has 0 spiro atoms. The summed E-state index contributed by atoms with van der Waals surface area (Å²) in [5.74, 6) is 1.00. The maximum atomic E-state index is 12.6. The predicted molar refractivity (Wildman–Crippen MR) is 85.6 cm³/mol. The summed E-state index contributed by atoms with van der Waals surface area (Å²) in [5.41, 5.74) is 0.751. The molecule has 1 aliphatic rings. The lowest BCUT2D eigenvalue weighted by Gasteiger charge is -2.06. The molecule has 8 heteroatoms. The van der Waals surface area contributed by atoms with Gasteiger partial charge in [-0.05, 0) is 31.9 Å². The van der Waals surface area contributed by atoms with E-state index in [1.807, 2.05) is 0 Å². The Labute approximate surface area is 136 Å². The van der Waals surface area contributed by atoms with Gasteiger partial charge in [0, 0.05) is 18.3 Å². The van der Waals surface area contributed by atoms with Crippen LogP contribution in [0.2, 0.25) is 0 Å². The van der Waals surface area contributed by atoms with Gasteiger partial charge in [-0.2, -0.15) is 5.10 Å². The summed E-state index contributed by atoms with van der Waals surface area (Å²) in [6, 6.07) is 3.42. The molecule has 0 saturated heterocycles. The molecule has 1 amide bonds.